The summed E-state index contributed by atoms with van der Waals surface area (Å²) in [6.07, 6.45) is 3.84. The van der Waals surface area contributed by atoms with E-state index in [0.29, 0.717) is 5.71 Å². The average Bonchev–Trinajstić information content (AvgIpc) is 3.63. The molecular formula is C54H41IrN3O-2. The molecule has 0 N–H and O–H groups in total. The van der Waals surface area contributed by atoms with E-state index in [1.165, 1.54) is 55.3 Å². The monoisotopic (exact) mass is 940 g/mol. The van der Waals surface area contributed by atoms with Crippen molar-refractivity contribution in [3.05, 3.63) is 198 Å². The van der Waals surface area contributed by atoms with E-state index in [1.807, 2.05) is 62.6 Å². The van der Waals surface area contributed by atoms with Gasteiger partial charge in [0.05, 0.1) is 5.58 Å². The van der Waals surface area contributed by atoms with Crippen LogP contribution in [0.2, 0.25) is 0 Å². The van der Waals surface area contributed by atoms with Crippen LogP contribution >= 0.6 is 0 Å². The SMILES string of the molecule is Cc1ccc(-c2[c-]cc(C)c(-c3ccccc3)c2)nc1.Cc1ccc2c(n1)oc1c(-c3cc(-c4ccc5cc(-c6ccccc6)ccc5c4C)c(C)cn3)[c-]ccc12.[Ir]. The number of nitrogens with zero attached hydrogens (tertiary/aromatic N) is 3. The number of pyridine rings is 3. The van der Waals surface area contributed by atoms with E-state index < -0.39 is 0 Å². The summed E-state index contributed by atoms with van der Waals surface area (Å²) in [6.45, 7) is 10.5. The number of benzene rings is 6. The van der Waals surface area contributed by atoms with Gasteiger partial charge in [-0.1, -0.05) is 127 Å². The molecule has 0 fully saturated rings. The van der Waals surface area contributed by atoms with E-state index in [4.69, 9.17) is 9.40 Å². The number of fused-ring (bicyclic) bond motifs is 4. The van der Waals surface area contributed by atoms with Gasteiger partial charge in [0.15, 0.2) is 0 Å². The van der Waals surface area contributed by atoms with Gasteiger partial charge < -0.3 is 14.4 Å². The number of furan rings is 1. The third-order valence-corrected chi connectivity index (χ3v) is 10.9. The van der Waals surface area contributed by atoms with E-state index in [2.05, 4.69) is 152 Å². The van der Waals surface area contributed by atoms with Crippen molar-refractivity contribution in [1.82, 2.24) is 15.0 Å². The summed E-state index contributed by atoms with van der Waals surface area (Å²) in [4.78, 5) is 13.9. The van der Waals surface area contributed by atoms with Gasteiger partial charge in [-0.2, -0.15) is 0 Å². The average molecular weight is 940 g/mol. The molecule has 10 rings (SSSR count). The zero-order chi connectivity index (χ0) is 39.8. The minimum absolute atomic E-state index is 0. The quantitative estimate of drug-likeness (QED) is 0.161. The Bertz CT molecular complexity index is 3100. The Balaban J connectivity index is 0.000000195. The topological polar surface area (TPSA) is 51.8 Å². The van der Waals surface area contributed by atoms with Crippen LogP contribution in [0.3, 0.4) is 0 Å². The maximum absolute atomic E-state index is 6.24. The molecular weight excluding hydrogens is 899 g/mol. The second-order valence-electron chi connectivity index (χ2n) is 15.0. The molecule has 5 heteroatoms. The molecule has 4 nitrogen and oxygen atoms in total. The van der Waals surface area contributed by atoms with E-state index in [9.17, 15) is 0 Å². The summed E-state index contributed by atoms with van der Waals surface area (Å²) >= 11 is 0. The van der Waals surface area contributed by atoms with Crippen LogP contribution in [-0.4, -0.2) is 15.0 Å². The van der Waals surface area contributed by atoms with Crippen LogP contribution in [0.4, 0.5) is 0 Å². The molecule has 0 aliphatic heterocycles. The number of aryl methyl sites for hydroxylation is 5. The van der Waals surface area contributed by atoms with Gasteiger partial charge in [0.1, 0.15) is 0 Å². The Kier molecular flexibility index (Phi) is 11.2. The van der Waals surface area contributed by atoms with Crippen molar-refractivity contribution < 1.29 is 24.5 Å². The number of aromatic nitrogens is 3. The second-order valence-corrected chi connectivity index (χ2v) is 15.0. The first-order valence-electron chi connectivity index (χ1n) is 19.6. The van der Waals surface area contributed by atoms with Crippen LogP contribution in [0.1, 0.15) is 27.9 Å². The van der Waals surface area contributed by atoms with Crippen LogP contribution in [0.15, 0.2) is 162 Å². The zero-order valence-corrected chi connectivity index (χ0v) is 36.0. The van der Waals surface area contributed by atoms with Crippen molar-refractivity contribution in [3.8, 4) is 55.9 Å². The molecule has 0 atom stereocenters. The maximum Gasteiger partial charge on any atom is 0.216 e. The molecule has 10 aromatic rings. The van der Waals surface area contributed by atoms with Gasteiger partial charge in [-0.25, -0.2) is 4.98 Å². The molecule has 4 aromatic heterocycles. The first-order valence-corrected chi connectivity index (χ1v) is 19.6. The fraction of sp³-hybridized carbons (Fsp3) is 0.0926. The third-order valence-electron chi connectivity index (χ3n) is 10.9. The Morgan fingerprint density at radius 1 is 0.525 bits per heavy atom. The van der Waals surface area contributed by atoms with Crippen molar-refractivity contribution in [1.29, 1.82) is 0 Å². The minimum atomic E-state index is 0. The first-order chi connectivity index (χ1) is 28.3. The van der Waals surface area contributed by atoms with Crippen molar-refractivity contribution in [2.24, 2.45) is 0 Å². The molecule has 0 unspecified atom stereocenters. The number of hydrogen-bond donors (Lipinski definition) is 0. The van der Waals surface area contributed by atoms with E-state index in [-0.39, 0.29) is 20.1 Å². The molecule has 0 saturated carbocycles. The van der Waals surface area contributed by atoms with Gasteiger partial charge in [0.25, 0.3) is 0 Å². The van der Waals surface area contributed by atoms with Gasteiger partial charge in [0.2, 0.25) is 5.71 Å². The smallest absolute Gasteiger partial charge is 0.216 e. The molecule has 1 radical (unpaired) electrons. The van der Waals surface area contributed by atoms with E-state index in [0.717, 1.165) is 55.7 Å². The predicted octanol–water partition coefficient (Wildman–Crippen LogP) is 14.1. The molecule has 0 saturated heterocycles. The largest absolute Gasteiger partial charge is 0.486 e. The number of hydrogen-bond acceptors (Lipinski definition) is 4. The fourth-order valence-electron chi connectivity index (χ4n) is 7.71. The van der Waals surface area contributed by atoms with E-state index >= 15 is 0 Å². The molecule has 6 aromatic carbocycles. The molecule has 0 bridgehead atoms. The van der Waals surface area contributed by atoms with Gasteiger partial charge in [-0.3, -0.25) is 0 Å². The Labute approximate surface area is 359 Å². The summed E-state index contributed by atoms with van der Waals surface area (Å²) in [5.41, 5.74) is 18.1. The van der Waals surface area contributed by atoms with Crippen LogP contribution < -0.4 is 0 Å². The second kappa shape index (κ2) is 16.8. The Morgan fingerprint density at radius 3 is 2.03 bits per heavy atom. The van der Waals surface area contributed by atoms with Crippen LogP contribution in [0, 0.1) is 46.8 Å². The normalized spacial score (nSPS) is 11.0. The maximum atomic E-state index is 6.24. The van der Waals surface area contributed by atoms with Crippen LogP contribution in [0.5, 0.6) is 0 Å². The van der Waals surface area contributed by atoms with Gasteiger partial charge in [-0.15, -0.1) is 47.5 Å². The fourth-order valence-corrected chi connectivity index (χ4v) is 7.71. The molecule has 0 spiro atoms. The Morgan fingerprint density at radius 2 is 1.27 bits per heavy atom. The van der Waals surface area contributed by atoms with Crippen LogP contribution in [-0.2, 0) is 20.1 Å². The Hall–Kier alpha value is -6.52. The summed E-state index contributed by atoms with van der Waals surface area (Å²) in [6, 6.07) is 57.4. The van der Waals surface area contributed by atoms with Crippen molar-refractivity contribution in [2.75, 3.05) is 0 Å². The van der Waals surface area contributed by atoms with E-state index in [1.54, 1.807) is 0 Å². The zero-order valence-electron chi connectivity index (χ0n) is 33.6. The summed E-state index contributed by atoms with van der Waals surface area (Å²) < 4.78 is 6.24. The van der Waals surface area contributed by atoms with Gasteiger partial charge >= 0.3 is 0 Å². The summed E-state index contributed by atoms with van der Waals surface area (Å²) in [5, 5.41) is 4.53. The molecule has 59 heavy (non-hydrogen) atoms. The molecule has 0 aliphatic carbocycles. The molecule has 0 aliphatic rings. The molecule has 4 heterocycles. The molecule has 289 valence electrons. The van der Waals surface area contributed by atoms with Crippen molar-refractivity contribution in [2.45, 2.75) is 34.6 Å². The first kappa shape index (κ1) is 39.3. The van der Waals surface area contributed by atoms with Crippen molar-refractivity contribution >= 4 is 32.8 Å². The molecule has 0 amide bonds. The third kappa shape index (κ3) is 7.88. The standard InChI is InChI=1S/C35H25N2O.C19H16N.Ir/c1-21-20-36-33(31-11-7-10-29-30-15-12-22(2)37-35(30)38-34(29)31)19-32(21)28-17-14-26-18-25(13-16-27(26)23(28)3)24-8-5-4-6-9-24;1-14-8-11-19(20-13-14)17-10-9-15(2)18(12-17)16-6-4-3-5-7-16;/h4-10,12-20H,1-3H3;3-9,11-13H,1-2H3;/q2*-1;. The minimum Gasteiger partial charge on any atom is -0.486 e. The van der Waals surface area contributed by atoms with Gasteiger partial charge in [-0.05, 0) is 113 Å². The number of rotatable bonds is 5. The summed E-state index contributed by atoms with van der Waals surface area (Å²) in [7, 11) is 0. The summed E-state index contributed by atoms with van der Waals surface area (Å²) in [5.74, 6) is 0. The van der Waals surface area contributed by atoms with Crippen LogP contribution in [0.25, 0.3) is 88.7 Å². The van der Waals surface area contributed by atoms with Gasteiger partial charge in [0, 0.05) is 43.6 Å². The van der Waals surface area contributed by atoms with Crippen molar-refractivity contribution in [3.63, 3.8) is 0 Å². The predicted molar refractivity (Wildman–Crippen MR) is 240 cm³/mol.